The molecule has 1 aromatic heterocycles. The van der Waals surface area contributed by atoms with E-state index in [1.54, 1.807) is 0 Å². The van der Waals surface area contributed by atoms with Gasteiger partial charge in [-0.1, -0.05) is 13.8 Å². The largest absolute Gasteiger partial charge is 0.358 e. The Balaban J connectivity index is 2.29. The van der Waals surface area contributed by atoms with Crippen LogP contribution in [0.25, 0.3) is 0 Å². The van der Waals surface area contributed by atoms with Crippen LogP contribution in [0.3, 0.4) is 0 Å². The fraction of sp³-hybridized carbons (Fsp3) is 0.615. The van der Waals surface area contributed by atoms with Gasteiger partial charge in [-0.2, -0.15) is 0 Å². The summed E-state index contributed by atoms with van der Waals surface area (Å²) in [5.74, 6) is -0.114. The predicted molar refractivity (Wildman–Crippen MR) is 76.2 cm³/mol. The van der Waals surface area contributed by atoms with Gasteiger partial charge in [-0.05, 0) is 25.2 Å². The van der Waals surface area contributed by atoms with Crippen molar-refractivity contribution < 1.29 is 9.72 Å². The van der Waals surface area contributed by atoms with Crippen molar-refractivity contribution in [3.63, 3.8) is 0 Å². The van der Waals surface area contributed by atoms with Crippen molar-refractivity contribution in [1.29, 1.82) is 0 Å². The molecular weight excluding hydrogens is 264 g/mol. The molecule has 0 amide bonds. The molecule has 0 atom stereocenters. The summed E-state index contributed by atoms with van der Waals surface area (Å²) in [6.07, 6.45) is 2.02. The number of nitrogens with zero attached hydrogens (tertiary/aromatic N) is 2. The number of piperidine rings is 1. The van der Waals surface area contributed by atoms with E-state index in [1.807, 2.05) is 4.90 Å². The second kappa shape index (κ2) is 4.92. The number of rotatable bonds is 3. The summed E-state index contributed by atoms with van der Waals surface area (Å²) in [5, 5.41) is 11.7. The fourth-order valence-corrected chi connectivity index (χ4v) is 3.29. The Morgan fingerprint density at radius 3 is 2.47 bits per heavy atom. The highest BCUT2D eigenvalue weighted by atomic mass is 32.1. The van der Waals surface area contributed by atoms with E-state index in [0.29, 0.717) is 15.3 Å². The van der Waals surface area contributed by atoms with Crippen molar-refractivity contribution >= 4 is 27.8 Å². The van der Waals surface area contributed by atoms with Crippen LogP contribution >= 0.6 is 11.3 Å². The summed E-state index contributed by atoms with van der Waals surface area (Å²) >= 11 is 1.24. The highest BCUT2D eigenvalue weighted by Gasteiger charge is 2.31. The minimum Gasteiger partial charge on any atom is -0.358 e. The van der Waals surface area contributed by atoms with Crippen LogP contribution in [0.4, 0.5) is 10.7 Å². The minimum absolute atomic E-state index is 0.0647. The van der Waals surface area contributed by atoms with E-state index in [-0.39, 0.29) is 11.5 Å². The number of anilines is 1. The fourth-order valence-electron chi connectivity index (χ4n) is 2.22. The van der Waals surface area contributed by atoms with Crippen LogP contribution in [0.5, 0.6) is 0 Å². The quantitative estimate of drug-likeness (QED) is 0.483. The van der Waals surface area contributed by atoms with Crippen LogP contribution in [0, 0.1) is 15.5 Å². The first-order valence-corrected chi connectivity index (χ1v) is 7.16. The van der Waals surface area contributed by atoms with Gasteiger partial charge in [-0.25, -0.2) is 0 Å². The third kappa shape index (κ3) is 2.94. The normalized spacial score (nSPS) is 18.4. The van der Waals surface area contributed by atoms with Crippen LogP contribution in [0.1, 0.15) is 43.3 Å². The molecule has 2 heterocycles. The smallest absolute Gasteiger partial charge is 0.304 e. The summed E-state index contributed by atoms with van der Waals surface area (Å²) in [4.78, 5) is 24.6. The number of Topliss-reactive ketones (excluding diaryl/α,β-unsaturated/α-hetero) is 1. The average molecular weight is 282 g/mol. The number of hydrogen-bond acceptors (Lipinski definition) is 5. The van der Waals surface area contributed by atoms with Crippen molar-refractivity contribution in [1.82, 2.24) is 0 Å². The number of nitro groups is 1. The molecule has 0 radical (unpaired) electrons. The van der Waals surface area contributed by atoms with Gasteiger partial charge in [0.05, 0.1) is 9.80 Å². The Morgan fingerprint density at radius 1 is 1.42 bits per heavy atom. The van der Waals surface area contributed by atoms with Crippen LogP contribution in [0.15, 0.2) is 6.07 Å². The van der Waals surface area contributed by atoms with Gasteiger partial charge in [0.15, 0.2) is 10.8 Å². The molecule has 1 aliphatic heterocycles. The summed E-state index contributed by atoms with van der Waals surface area (Å²) < 4.78 is 0. The molecule has 0 N–H and O–H groups in total. The molecule has 1 aliphatic rings. The number of ketones is 1. The lowest BCUT2D eigenvalue weighted by Gasteiger charge is -2.37. The van der Waals surface area contributed by atoms with Gasteiger partial charge in [0.25, 0.3) is 0 Å². The van der Waals surface area contributed by atoms with Crippen molar-refractivity contribution in [2.45, 2.75) is 33.6 Å². The van der Waals surface area contributed by atoms with Gasteiger partial charge in [0.2, 0.25) is 0 Å². The lowest BCUT2D eigenvalue weighted by atomic mass is 9.83. The Hall–Kier alpha value is -1.43. The zero-order valence-corrected chi connectivity index (χ0v) is 12.2. The molecule has 0 aliphatic carbocycles. The molecule has 0 spiro atoms. The number of thiophene rings is 1. The molecule has 0 bridgehead atoms. The lowest BCUT2D eigenvalue weighted by Crippen LogP contribution is -2.37. The Morgan fingerprint density at radius 2 is 2.00 bits per heavy atom. The molecule has 104 valence electrons. The highest BCUT2D eigenvalue weighted by Crippen LogP contribution is 2.41. The van der Waals surface area contributed by atoms with Crippen LogP contribution in [0.2, 0.25) is 0 Å². The number of carbonyl (C=O) groups excluding carboxylic acids is 1. The Labute approximate surface area is 116 Å². The number of carbonyl (C=O) groups is 1. The summed E-state index contributed by atoms with van der Waals surface area (Å²) in [6.45, 7) is 7.50. The summed E-state index contributed by atoms with van der Waals surface area (Å²) in [5.41, 5.74) is 0.362. The first kappa shape index (κ1) is 14.0. The van der Waals surface area contributed by atoms with Gasteiger partial charge in [0, 0.05) is 19.2 Å². The standard InChI is InChI=1S/C13H18N2O3S/c1-9(16)11-8-10(15(17)18)12(19-11)14-6-4-13(2,3)5-7-14/h8H,4-7H2,1-3H3. The van der Waals surface area contributed by atoms with E-state index in [2.05, 4.69) is 13.8 Å². The first-order chi connectivity index (χ1) is 8.80. The van der Waals surface area contributed by atoms with Crippen LogP contribution in [-0.2, 0) is 0 Å². The van der Waals surface area contributed by atoms with Gasteiger partial charge < -0.3 is 4.90 Å². The molecule has 6 heteroatoms. The summed E-state index contributed by atoms with van der Waals surface area (Å²) in [6, 6.07) is 1.40. The molecule has 0 aromatic carbocycles. The predicted octanol–water partition coefficient (Wildman–Crippen LogP) is 3.49. The Bertz CT molecular complexity index is 512. The topological polar surface area (TPSA) is 63.4 Å². The van der Waals surface area contributed by atoms with Gasteiger partial charge in [-0.15, -0.1) is 11.3 Å². The molecule has 1 saturated heterocycles. The average Bonchev–Trinajstić information content (AvgIpc) is 2.74. The van der Waals surface area contributed by atoms with Crippen LogP contribution in [-0.4, -0.2) is 23.8 Å². The third-order valence-corrected chi connectivity index (χ3v) is 4.93. The maximum Gasteiger partial charge on any atom is 0.304 e. The van der Waals surface area contributed by atoms with Gasteiger partial charge in [0.1, 0.15) is 0 Å². The first-order valence-electron chi connectivity index (χ1n) is 6.34. The van der Waals surface area contributed by atoms with Gasteiger partial charge in [-0.3, -0.25) is 14.9 Å². The van der Waals surface area contributed by atoms with E-state index in [1.165, 1.54) is 24.3 Å². The molecule has 19 heavy (non-hydrogen) atoms. The third-order valence-electron chi connectivity index (χ3n) is 3.64. The highest BCUT2D eigenvalue weighted by molar-refractivity contribution is 7.18. The zero-order valence-electron chi connectivity index (χ0n) is 11.4. The van der Waals surface area contributed by atoms with Crippen molar-refractivity contribution in [3.05, 3.63) is 21.1 Å². The molecule has 2 rings (SSSR count). The van der Waals surface area contributed by atoms with Crippen molar-refractivity contribution in [3.8, 4) is 0 Å². The number of hydrogen-bond donors (Lipinski definition) is 0. The monoisotopic (exact) mass is 282 g/mol. The maximum atomic E-state index is 11.4. The maximum absolute atomic E-state index is 11.4. The minimum atomic E-state index is -0.391. The molecule has 0 unspecified atom stereocenters. The SMILES string of the molecule is CC(=O)c1cc([N+](=O)[O-])c(N2CCC(C)(C)CC2)s1. The summed E-state index contributed by atoms with van der Waals surface area (Å²) in [7, 11) is 0. The Kier molecular flexibility index (Phi) is 3.62. The molecule has 5 nitrogen and oxygen atoms in total. The van der Waals surface area contributed by atoms with Crippen molar-refractivity contribution in [2.24, 2.45) is 5.41 Å². The van der Waals surface area contributed by atoms with E-state index in [0.717, 1.165) is 25.9 Å². The second-order valence-corrected chi connectivity index (χ2v) is 6.80. The zero-order chi connectivity index (χ0) is 14.2. The lowest BCUT2D eigenvalue weighted by molar-refractivity contribution is -0.383. The van der Waals surface area contributed by atoms with Crippen molar-refractivity contribution in [2.75, 3.05) is 18.0 Å². The van der Waals surface area contributed by atoms with E-state index in [4.69, 9.17) is 0 Å². The van der Waals surface area contributed by atoms with Crippen LogP contribution < -0.4 is 4.90 Å². The second-order valence-electron chi connectivity index (χ2n) is 5.77. The van der Waals surface area contributed by atoms with E-state index in [9.17, 15) is 14.9 Å². The van der Waals surface area contributed by atoms with E-state index < -0.39 is 4.92 Å². The molecular formula is C13H18N2O3S. The van der Waals surface area contributed by atoms with Gasteiger partial charge >= 0.3 is 5.69 Å². The molecule has 1 fully saturated rings. The van der Waals surface area contributed by atoms with E-state index >= 15 is 0 Å². The molecule has 1 aromatic rings. The molecule has 0 saturated carbocycles.